The number of methoxy groups -OCH3 is 1. The molecular weight excluding hydrogens is 458 g/mol. The molecule has 35 heavy (non-hydrogen) atoms. The van der Waals surface area contributed by atoms with Crippen LogP contribution in [0.5, 0.6) is 5.75 Å². The number of ether oxygens (including phenoxy) is 1. The average molecular weight is 488 g/mol. The van der Waals surface area contributed by atoms with Gasteiger partial charge in [-0.2, -0.15) is 0 Å². The third kappa shape index (κ3) is 5.74. The molecule has 0 bridgehead atoms. The van der Waals surface area contributed by atoms with E-state index in [1.807, 2.05) is 60.7 Å². The largest absolute Gasteiger partial charge is 0.496 e. The smallest absolute Gasteiger partial charge is 0.359 e. The summed E-state index contributed by atoms with van der Waals surface area (Å²) in [5.74, 6) is 0.607. The molecule has 3 amide bonds. The highest BCUT2D eigenvalue weighted by molar-refractivity contribution is 7.47. The van der Waals surface area contributed by atoms with Crippen molar-refractivity contribution in [3.63, 3.8) is 0 Å². The lowest BCUT2D eigenvalue weighted by Crippen LogP contribution is -2.43. The third-order valence-electron chi connectivity index (χ3n) is 6.69. The number of carbonyl (C=O) groups is 2. The summed E-state index contributed by atoms with van der Waals surface area (Å²) in [4.78, 5) is 27.6. The van der Waals surface area contributed by atoms with Crippen molar-refractivity contribution >= 4 is 30.1 Å². The fourth-order valence-corrected chi connectivity index (χ4v) is 5.08. The van der Waals surface area contributed by atoms with Gasteiger partial charge < -0.3 is 10.1 Å². The van der Waals surface area contributed by atoms with Crippen LogP contribution in [0.3, 0.4) is 0 Å². The molecule has 3 aromatic rings. The molecule has 0 saturated heterocycles. The van der Waals surface area contributed by atoms with E-state index in [1.165, 1.54) is 0 Å². The number of anilines is 1. The van der Waals surface area contributed by atoms with Crippen LogP contribution in [0.4, 0.5) is 10.5 Å². The van der Waals surface area contributed by atoms with Crippen molar-refractivity contribution in [2.24, 2.45) is 10.3 Å². The summed E-state index contributed by atoms with van der Waals surface area (Å²) in [7, 11) is 1.57. The zero-order valence-electron chi connectivity index (χ0n) is 19.7. The highest BCUT2D eigenvalue weighted by Crippen LogP contribution is 2.38. The summed E-state index contributed by atoms with van der Waals surface area (Å²) in [6, 6.07) is 26.3. The normalized spacial score (nSPS) is 18.2. The van der Waals surface area contributed by atoms with Gasteiger partial charge in [0.1, 0.15) is 5.75 Å². The van der Waals surface area contributed by atoms with E-state index in [1.54, 1.807) is 24.1 Å². The highest BCUT2D eigenvalue weighted by Gasteiger charge is 2.34. The van der Waals surface area contributed by atoms with Crippen LogP contribution in [0.2, 0.25) is 0 Å². The molecule has 7 heteroatoms. The molecular formula is C28H29N3O3S. The first-order chi connectivity index (χ1) is 17.1. The topological polar surface area (TPSA) is 71.0 Å². The maximum Gasteiger partial charge on any atom is 0.359 e. The van der Waals surface area contributed by atoms with Crippen LogP contribution in [-0.2, 0) is 12.4 Å². The number of hydrogen-bond donors (Lipinski definition) is 1. The van der Waals surface area contributed by atoms with Gasteiger partial charge in [-0.05, 0) is 61.4 Å². The van der Waals surface area contributed by atoms with Gasteiger partial charge in [-0.25, -0.2) is 4.79 Å². The zero-order valence-corrected chi connectivity index (χ0v) is 20.5. The molecule has 1 aliphatic rings. The van der Waals surface area contributed by atoms with Crippen molar-refractivity contribution in [2.45, 2.75) is 37.8 Å². The van der Waals surface area contributed by atoms with E-state index in [-0.39, 0.29) is 23.9 Å². The molecule has 4 rings (SSSR count). The molecule has 1 unspecified atom stereocenters. The van der Waals surface area contributed by atoms with Gasteiger partial charge in [0.2, 0.25) is 0 Å². The SMILES string of the molecule is COc1ccccc1C(=O)NC(c1ccccc1)[C@H]1CC[C@H](N(C(=O)N=S)c2ccccc2)CC1. The van der Waals surface area contributed by atoms with Crippen molar-refractivity contribution < 1.29 is 14.3 Å². The summed E-state index contributed by atoms with van der Waals surface area (Å²) in [5.41, 5.74) is 2.38. The van der Waals surface area contributed by atoms with Gasteiger partial charge in [0, 0.05) is 24.2 Å². The van der Waals surface area contributed by atoms with Gasteiger partial charge in [-0.1, -0.05) is 60.7 Å². The van der Waals surface area contributed by atoms with Crippen LogP contribution in [-0.4, -0.2) is 25.1 Å². The number of nitrogens with zero attached hydrogens (tertiary/aromatic N) is 2. The van der Waals surface area contributed by atoms with E-state index in [0.717, 1.165) is 36.9 Å². The van der Waals surface area contributed by atoms with Gasteiger partial charge >= 0.3 is 6.03 Å². The lowest BCUT2D eigenvalue weighted by molar-refractivity contribution is 0.0908. The van der Waals surface area contributed by atoms with E-state index in [2.05, 4.69) is 21.8 Å². The molecule has 1 fully saturated rings. The van der Waals surface area contributed by atoms with Crippen molar-refractivity contribution in [1.82, 2.24) is 5.32 Å². The number of carbonyl (C=O) groups excluding carboxylic acids is 2. The second-order valence-electron chi connectivity index (χ2n) is 8.71. The molecule has 6 nitrogen and oxygen atoms in total. The predicted octanol–water partition coefficient (Wildman–Crippen LogP) is 6.08. The molecule has 180 valence electrons. The van der Waals surface area contributed by atoms with E-state index < -0.39 is 6.03 Å². The fraction of sp³-hybridized carbons (Fsp3) is 0.286. The lowest BCUT2D eigenvalue weighted by Gasteiger charge is -2.38. The van der Waals surface area contributed by atoms with Crippen LogP contribution in [0, 0.1) is 5.92 Å². The minimum atomic E-state index is -0.404. The first kappa shape index (κ1) is 24.5. The summed E-state index contributed by atoms with van der Waals surface area (Å²) in [6.07, 6.45) is 3.29. The summed E-state index contributed by atoms with van der Waals surface area (Å²) < 4.78 is 8.93. The van der Waals surface area contributed by atoms with Crippen molar-refractivity contribution in [1.29, 1.82) is 0 Å². The number of hydrogen-bond acceptors (Lipinski definition) is 4. The number of amides is 3. The van der Waals surface area contributed by atoms with Gasteiger partial charge in [-0.15, -0.1) is 4.36 Å². The van der Waals surface area contributed by atoms with E-state index in [0.29, 0.717) is 11.3 Å². The number of rotatable bonds is 7. The van der Waals surface area contributed by atoms with Crippen molar-refractivity contribution in [2.75, 3.05) is 12.0 Å². The Balaban J connectivity index is 1.53. The van der Waals surface area contributed by atoms with Gasteiger partial charge in [-0.3, -0.25) is 9.69 Å². The van der Waals surface area contributed by atoms with E-state index in [4.69, 9.17) is 17.2 Å². The second kappa shape index (κ2) is 11.7. The maximum atomic E-state index is 13.3. The number of benzene rings is 3. The van der Waals surface area contributed by atoms with E-state index >= 15 is 0 Å². The summed E-state index contributed by atoms with van der Waals surface area (Å²) in [5, 5.41) is 3.27. The van der Waals surface area contributed by atoms with Crippen molar-refractivity contribution in [3.8, 4) is 5.75 Å². The van der Waals surface area contributed by atoms with Crippen LogP contribution in [0.25, 0.3) is 0 Å². The first-order valence-electron chi connectivity index (χ1n) is 11.8. The lowest BCUT2D eigenvalue weighted by atomic mass is 9.78. The van der Waals surface area contributed by atoms with Crippen LogP contribution >= 0.6 is 0 Å². The standard InChI is InChI=1S/C28H29N3O3S/c1-34-25-15-9-8-14-24(25)27(32)29-26(20-10-4-2-5-11-20)21-16-18-23(19-17-21)31(28(33)30-35)22-12-6-3-7-13-22/h2-15,21,23,26H,16-19H2,1H3,(H,29,32)/t21-,23-,26?. The Morgan fingerprint density at radius 1 is 0.914 bits per heavy atom. The number of urea groups is 1. The Bertz CT molecular complexity index is 1150. The monoisotopic (exact) mass is 487 g/mol. The Morgan fingerprint density at radius 2 is 1.51 bits per heavy atom. The highest BCUT2D eigenvalue weighted by atomic mass is 32.1. The van der Waals surface area contributed by atoms with Crippen LogP contribution < -0.4 is 15.0 Å². The molecule has 0 spiro atoms. The molecule has 3 aromatic carbocycles. The zero-order chi connectivity index (χ0) is 24.6. The maximum absolute atomic E-state index is 13.3. The molecule has 1 atom stereocenters. The third-order valence-corrected chi connectivity index (χ3v) is 6.85. The Kier molecular flexibility index (Phi) is 8.21. The molecule has 0 heterocycles. The fourth-order valence-electron chi connectivity index (χ4n) is 4.99. The first-order valence-corrected chi connectivity index (χ1v) is 12.2. The summed E-state index contributed by atoms with van der Waals surface area (Å²) >= 11 is 4.74. The van der Waals surface area contributed by atoms with Crippen LogP contribution in [0.1, 0.15) is 47.6 Å². The minimum absolute atomic E-state index is 0.00851. The molecule has 1 aliphatic carbocycles. The number of para-hydroxylation sites is 2. The molecule has 1 N–H and O–H groups in total. The molecule has 0 aliphatic heterocycles. The molecule has 1 saturated carbocycles. The molecule has 0 aromatic heterocycles. The van der Waals surface area contributed by atoms with E-state index in [9.17, 15) is 9.59 Å². The quantitative estimate of drug-likeness (QED) is 0.438. The Morgan fingerprint density at radius 3 is 2.14 bits per heavy atom. The van der Waals surface area contributed by atoms with Crippen molar-refractivity contribution in [3.05, 3.63) is 96.1 Å². The summed E-state index contributed by atoms with van der Waals surface area (Å²) in [6.45, 7) is 0. The van der Waals surface area contributed by atoms with Crippen LogP contribution in [0.15, 0.2) is 89.3 Å². The molecule has 0 radical (unpaired) electrons. The van der Waals surface area contributed by atoms with Gasteiger partial charge in [0.05, 0.1) is 18.7 Å². The average Bonchev–Trinajstić information content (AvgIpc) is 2.93. The predicted molar refractivity (Wildman–Crippen MR) is 139 cm³/mol. The minimum Gasteiger partial charge on any atom is -0.496 e. The Hall–Kier alpha value is -3.58. The second-order valence-corrected chi connectivity index (χ2v) is 8.89. The number of nitrogens with one attached hydrogen (secondary N) is 1. The van der Waals surface area contributed by atoms with Gasteiger partial charge in [0.25, 0.3) is 5.91 Å². The Labute approximate surface area is 211 Å². The van der Waals surface area contributed by atoms with Gasteiger partial charge in [0.15, 0.2) is 0 Å².